The number of carbonyl (C=O) groups excluding carboxylic acids is 2. The molecule has 5 nitrogen and oxygen atoms in total. The fourth-order valence-electron chi connectivity index (χ4n) is 3.54. The first kappa shape index (κ1) is 19.7. The molecule has 0 radical (unpaired) electrons. The van der Waals surface area contributed by atoms with Crippen molar-refractivity contribution in [2.45, 2.75) is 51.6 Å². The van der Waals surface area contributed by atoms with Gasteiger partial charge in [0, 0.05) is 19.5 Å². The Labute approximate surface area is 153 Å². The fraction of sp³-hybridized carbons (Fsp3) is 0.556. The second-order valence-corrected chi connectivity index (χ2v) is 6.48. The summed E-state index contributed by atoms with van der Waals surface area (Å²) >= 11 is 0. The van der Waals surface area contributed by atoms with Crippen LogP contribution in [0.5, 0.6) is 0 Å². The molecule has 0 aliphatic carbocycles. The van der Waals surface area contributed by atoms with Crippen molar-refractivity contribution in [2.75, 3.05) is 18.4 Å². The van der Waals surface area contributed by atoms with Crippen molar-refractivity contribution in [1.29, 1.82) is 0 Å². The molecule has 0 spiro atoms. The summed E-state index contributed by atoms with van der Waals surface area (Å²) in [7, 11) is 0. The summed E-state index contributed by atoms with van der Waals surface area (Å²) in [6, 6.07) is 2.99. The van der Waals surface area contributed by atoms with Gasteiger partial charge in [0.05, 0.1) is 5.69 Å². The Bertz CT molecular complexity index is 653. The van der Waals surface area contributed by atoms with Crippen LogP contribution < -0.4 is 10.6 Å². The molecule has 2 aliphatic rings. The first-order valence-corrected chi connectivity index (χ1v) is 8.73. The summed E-state index contributed by atoms with van der Waals surface area (Å²) in [5.41, 5.74) is 1.84. The number of nitrogens with one attached hydrogen (secondary N) is 2. The van der Waals surface area contributed by atoms with E-state index in [0.717, 1.165) is 24.9 Å². The molecule has 1 atom stereocenters. The first-order valence-electron chi connectivity index (χ1n) is 8.73. The van der Waals surface area contributed by atoms with Crippen LogP contribution in [0.25, 0.3) is 0 Å². The Morgan fingerprint density at radius 3 is 2.96 bits per heavy atom. The second-order valence-electron chi connectivity index (χ2n) is 6.48. The Hall–Kier alpha value is -1.66. The van der Waals surface area contributed by atoms with Crippen LogP contribution in [0, 0.1) is 5.82 Å². The smallest absolute Gasteiger partial charge is 0.247 e. The molecule has 3 rings (SSSR count). The Morgan fingerprint density at radius 1 is 1.40 bits per heavy atom. The van der Waals surface area contributed by atoms with Gasteiger partial charge in [-0.15, -0.1) is 12.4 Å². The van der Waals surface area contributed by atoms with Crippen molar-refractivity contribution in [3.8, 4) is 0 Å². The minimum Gasteiger partial charge on any atom is -0.331 e. The number of hydrogen-bond donors (Lipinski definition) is 2. The van der Waals surface area contributed by atoms with Crippen molar-refractivity contribution in [3.05, 3.63) is 29.1 Å². The molecule has 2 aliphatic heterocycles. The monoisotopic (exact) mass is 369 g/mol. The molecule has 2 heterocycles. The summed E-state index contributed by atoms with van der Waals surface area (Å²) in [5.74, 6) is -0.622. The lowest BCUT2D eigenvalue weighted by atomic mass is 9.99. The summed E-state index contributed by atoms with van der Waals surface area (Å²) in [4.78, 5) is 26.3. The van der Waals surface area contributed by atoms with E-state index in [1.807, 2.05) is 13.0 Å². The molecule has 138 valence electrons. The zero-order valence-corrected chi connectivity index (χ0v) is 15.3. The number of anilines is 1. The van der Waals surface area contributed by atoms with Crippen LogP contribution in [0.3, 0.4) is 0 Å². The van der Waals surface area contributed by atoms with E-state index in [1.54, 1.807) is 11.0 Å². The van der Waals surface area contributed by atoms with Gasteiger partial charge in [-0.1, -0.05) is 13.0 Å². The highest BCUT2D eigenvalue weighted by Crippen LogP contribution is 2.26. The molecule has 0 bridgehead atoms. The molecule has 1 fully saturated rings. The van der Waals surface area contributed by atoms with E-state index in [-0.39, 0.29) is 35.7 Å². The van der Waals surface area contributed by atoms with Crippen molar-refractivity contribution < 1.29 is 14.0 Å². The van der Waals surface area contributed by atoms with Crippen molar-refractivity contribution >= 4 is 29.9 Å². The summed E-state index contributed by atoms with van der Waals surface area (Å²) in [6.07, 6.45) is 3.28. The van der Waals surface area contributed by atoms with Gasteiger partial charge in [-0.05, 0) is 49.4 Å². The van der Waals surface area contributed by atoms with E-state index in [9.17, 15) is 14.0 Å². The van der Waals surface area contributed by atoms with E-state index < -0.39 is 6.04 Å². The molecule has 25 heavy (non-hydrogen) atoms. The number of benzene rings is 1. The van der Waals surface area contributed by atoms with Crippen LogP contribution in [0.2, 0.25) is 0 Å². The predicted octanol–water partition coefficient (Wildman–Crippen LogP) is 2.62. The van der Waals surface area contributed by atoms with E-state index in [0.29, 0.717) is 37.9 Å². The molecule has 1 aromatic rings. The third kappa shape index (κ3) is 4.12. The number of halogens is 2. The third-order valence-electron chi connectivity index (χ3n) is 4.80. The minimum absolute atomic E-state index is 0. The van der Waals surface area contributed by atoms with Crippen LogP contribution in [0.15, 0.2) is 12.1 Å². The van der Waals surface area contributed by atoms with Gasteiger partial charge in [0.25, 0.3) is 0 Å². The van der Waals surface area contributed by atoms with E-state index in [1.165, 1.54) is 0 Å². The number of nitrogens with zero attached hydrogens (tertiary/aromatic N) is 1. The van der Waals surface area contributed by atoms with Gasteiger partial charge in [0.1, 0.15) is 11.9 Å². The van der Waals surface area contributed by atoms with Crippen molar-refractivity contribution in [2.24, 2.45) is 0 Å². The minimum atomic E-state index is -0.485. The summed E-state index contributed by atoms with van der Waals surface area (Å²) in [6.45, 7) is 3.95. The van der Waals surface area contributed by atoms with Gasteiger partial charge in [-0.3, -0.25) is 9.59 Å². The lowest BCUT2D eigenvalue weighted by Gasteiger charge is -2.25. The molecular formula is C18H25ClFN3O2. The Balaban J connectivity index is 0.00000225. The maximum atomic E-state index is 14.7. The SMILES string of the molecule is CCCC(=O)N1CCCC1C(=O)Nc1ccc2c(c1F)CCNC2.Cl. The first-order chi connectivity index (χ1) is 11.6. The number of carbonyl (C=O) groups is 2. The van der Waals surface area contributed by atoms with Gasteiger partial charge < -0.3 is 15.5 Å². The van der Waals surface area contributed by atoms with Crippen LogP contribution in [0.4, 0.5) is 10.1 Å². The zero-order chi connectivity index (χ0) is 17.1. The van der Waals surface area contributed by atoms with Crippen molar-refractivity contribution in [1.82, 2.24) is 10.2 Å². The fourth-order valence-corrected chi connectivity index (χ4v) is 3.54. The largest absolute Gasteiger partial charge is 0.331 e. The lowest BCUT2D eigenvalue weighted by Crippen LogP contribution is -2.43. The number of likely N-dealkylation sites (tertiary alicyclic amines) is 1. The molecule has 2 N–H and O–H groups in total. The number of hydrogen-bond acceptors (Lipinski definition) is 3. The second kappa shape index (κ2) is 8.63. The Kier molecular flexibility index (Phi) is 6.79. The summed E-state index contributed by atoms with van der Waals surface area (Å²) < 4.78 is 14.7. The van der Waals surface area contributed by atoms with Gasteiger partial charge in [-0.25, -0.2) is 4.39 Å². The van der Waals surface area contributed by atoms with Crippen LogP contribution in [-0.2, 0) is 22.6 Å². The number of amides is 2. The molecule has 7 heteroatoms. The van der Waals surface area contributed by atoms with Crippen LogP contribution >= 0.6 is 12.4 Å². The van der Waals surface area contributed by atoms with Crippen LogP contribution in [0.1, 0.15) is 43.7 Å². The quantitative estimate of drug-likeness (QED) is 0.857. The van der Waals surface area contributed by atoms with Gasteiger partial charge >= 0.3 is 0 Å². The molecule has 1 saturated heterocycles. The normalized spacial score (nSPS) is 19.1. The average Bonchev–Trinajstić information content (AvgIpc) is 3.08. The topological polar surface area (TPSA) is 61.4 Å². The molecular weight excluding hydrogens is 345 g/mol. The third-order valence-corrected chi connectivity index (χ3v) is 4.80. The highest BCUT2D eigenvalue weighted by molar-refractivity contribution is 5.97. The highest BCUT2D eigenvalue weighted by Gasteiger charge is 2.34. The maximum absolute atomic E-state index is 14.7. The molecule has 0 saturated carbocycles. The number of fused-ring (bicyclic) bond motifs is 1. The molecule has 2 amide bonds. The predicted molar refractivity (Wildman–Crippen MR) is 97.3 cm³/mol. The van der Waals surface area contributed by atoms with E-state index >= 15 is 0 Å². The van der Waals surface area contributed by atoms with Gasteiger partial charge in [-0.2, -0.15) is 0 Å². The summed E-state index contributed by atoms with van der Waals surface area (Å²) in [5, 5.41) is 5.91. The van der Waals surface area contributed by atoms with E-state index in [4.69, 9.17) is 0 Å². The lowest BCUT2D eigenvalue weighted by molar-refractivity contribution is -0.136. The van der Waals surface area contributed by atoms with Crippen LogP contribution in [-0.4, -0.2) is 35.8 Å². The van der Waals surface area contributed by atoms with Gasteiger partial charge in [0.2, 0.25) is 11.8 Å². The zero-order valence-electron chi connectivity index (χ0n) is 14.4. The van der Waals surface area contributed by atoms with Crippen molar-refractivity contribution in [3.63, 3.8) is 0 Å². The maximum Gasteiger partial charge on any atom is 0.247 e. The number of rotatable bonds is 4. The molecule has 0 aromatic heterocycles. The van der Waals surface area contributed by atoms with Gasteiger partial charge in [0.15, 0.2) is 0 Å². The average molecular weight is 370 g/mol. The molecule has 1 aromatic carbocycles. The van der Waals surface area contributed by atoms with E-state index in [2.05, 4.69) is 10.6 Å². The molecule has 1 unspecified atom stereocenters. The standard InChI is InChI=1S/C18H24FN3O2.ClH/c1-2-4-16(23)22-10-3-5-15(22)18(24)21-14-7-6-12-11-20-9-8-13(12)17(14)19;/h6-7,15,20H,2-5,8-11H2,1H3,(H,21,24);1H. The Morgan fingerprint density at radius 2 is 2.20 bits per heavy atom. The highest BCUT2D eigenvalue weighted by atomic mass is 35.5.